The van der Waals surface area contributed by atoms with E-state index in [4.69, 9.17) is 30.6 Å². The Kier molecular flexibility index (Phi) is 32.9. The first-order chi connectivity index (χ1) is 41.7. The number of carboxylic acids is 1. The highest BCUT2D eigenvalue weighted by Crippen LogP contribution is 2.30. The number of carbonyl (C=O) groups excluding carboxylic acids is 8. The van der Waals surface area contributed by atoms with Gasteiger partial charge in [0.15, 0.2) is 0 Å². The summed E-state index contributed by atoms with van der Waals surface area (Å²) in [5.41, 5.74) is 6.92. The first kappa shape index (κ1) is 75.3. The van der Waals surface area contributed by atoms with E-state index in [1.54, 1.807) is 95.1 Å². The standard InChI is InChI=1S/C62H101N11O15/c1-14-40(8)53(48(84-12)35-49(74)73-30-19-23-47(73)54(85-13)41(9)55(75)69-46(60(80)81)34-42-20-16-15-17-21-42)71(10)59(79)51(38(4)5)70-58(78)52(39(6)7)72(11)62(83)87-36-43-24-26-44(27-25-43)67-56(76)45(22-18-28-66-61(63)82)68-57(77)50(37(2)3)65-29-31-86-32-33-88-64/h15-17,20-21,24-27,37-41,45-48,50-54,65H,14,18-19,22-23,28-36,64H2,1-13H3,(H,67,76)(H,68,77)(H,69,75)(H,70,78)(H,80,81)(H3,63,66,82)/t40-,41+,45-,46-,47-,48+,50?,51-,52?,53?,54+/m0/s1. The molecule has 26 heteroatoms. The molecule has 88 heavy (non-hydrogen) atoms. The molecule has 0 aromatic heterocycles. The molecule has 0 spiro atoms. The number of ether oxygens (including phenoxy) is 4. The van der Waals surface area contributed by atoms with Crippen LogP contribution in [0.5, 0.6) is 0 Å². The minimum atomic E-state index is -1.19. The highest BCUT2D eigenvalue weighted by molar-refractivity contribution is 5.98. The van der Waals surface area contributed by atoms with Crippen LogP contribution in [0.1, 0.15) is 112 Å². The molecule has 0 aliphatic carbocycles. The van der Waals surface area contributed by atoms with E-state index >= 15 is 0 Å². The molecule has 3 unspecified atom stereocenters. The predicted octanol–water partition coefficient (Wildman–Crippen LogP) is 3.55. The number of nitrogens with one attached hydrogen (secondary N) is 6. The van der Waals surface area contributed by atoms with Crippen molar-refractivity contribution >= 4 is 59.2 Å². The number of primary amides is 1. The Hall–Kier alpha value is -6.97. The first-order valence-electron chi connectivity index (χ1n) is 30.5. The topological polar surface area (TPSA) is 354 Å². The number of benzene rings is 2. The van der Waals surface area contributed by atoms with Gasteiger partial charge in [0.25, 0.3) is 0 Å². The van der Waals surface area contributed by atoms with E-state index < -0.39 is 120 Å². The predicted molar refractivity (Wildman–Crippen MR) is 331 cm³/mol. The Morgan fingerprint density at radius 3 is 1.94 bits per heavy atom. The Morgan fingerprint density at radius 2 is 1.38 bits per heavy atom. The lowest BCUT2D eigenvalue weighted by atomic mass is 9.89. The highest BCUT2D eigenvalue weighted by atomic mass is 16.6. The van der Waals surface area contributed by atoms with Gasteiger partial charge in [-0.1, -0.05) is 111 Å². The fourth-order valence-corrected chi connectivity index (χ4v) is 11.0. The fraction of sp³-hybridized carbons (Fsp3) is 0.661. The summed E-state index contributed by atoms with van der Waals surface area (Å²) in [6.45, 7) is 17.9. The number of amides is 9. The zero-order valence-corrected chi connectivity index (χ0v) is 53.8. The minimum Gasteiger partial charge on any atom is -0.480 e. The van der Waals surface area contributed by atoms with Gasteiger partial charge in [0.1, 0.15) is 30.8 Å². The van der Waals surface area contributed by atoms with E-state index in [2.05, 4.69) is 36.7 Å². The van der Waals surface area contributed by atoms with E-state index in [1.165, 1.54) is 31.1 Å². The quantitative estimate of drug-likeness (QED) is 0.0341. The van der Waals surface area contributed by atoms with Crippen molar-refractivity contribution < 1.29 is 72.0 Å². The third kappa shape index (κ3) is 23.5. The summed E-state index contributed by atoms with van der Waals surface area (Å²) in [5.74, 6) is -0.901. The number of hydrogen-bond acceptors (Lipinski definition) is 16. The molecule has 1 aliphatic heterocycles. The summed E-state index contributed by atoms with van der Waals surface area (Å²) in [4.78, 5) is 131. The third-order valence-electron chi connectivity index (χ3n) is 16.1. The number of carboxylic acid groups (broad SMARTS) is 1. The zero-order valence-electron chi connectivity index (χ0n) is 53.8. The molecule has 0 bridgehead atoms. The van der Waals surface area contributed by atoms with Gasteiger partial charge in [-0.3, -0.25) is 33.7 Å². The van der Waals surface area contributed by atoms with Crippen LogP contribution in [-0.2, 0) is 70.4 Å². The van der Waals surface area contributed by atoms with Crippen molar-refractivity contribution in [3.05, 3.63) is 65.7 Å². The van der Waals surface area contributed by atoms with E-state index in [0.29, 0.717) is 56.6 Å². The van der Waals surface area contributed by atoms with Crippen molar-refractivity contribution in [3.8, 4) is 0 Å². The maximum Gasteiger partial charge on any atom is 0.410 e. The van der Waals surface area contributed by atoms with Gasteiger partial charge in [-0.25, -0.2) is 20.3 Å². The number of urea groups is 1. The van der Waals surface area contributed by atoms with Gasteiger partial charge >= 0.3 is 18.1 Å². The molecule has 11 atom stereocenters. The molecule has 26 nitrogen and oxygen atoms in total. The van der Waals surface area contributed by atoms with Gasteiger partial charge in [0.2, 0.25) is 35.4 Å². The average Bonchev–Trinajstić information content (AvgIpc) is 2.72. The summed E-state index contributed by atoms with van der Waals surface area (Å²) in [5, 5.41) is 26.9. The summed E-state index contributed by atoms with van der Waals surface area (Å²) < 4.78 is 23.1. The van der Waals surface area contributed by atoms with E-state index in [0.717, 1.165) is 5.56 Å². The molecule has 9 amide bonds. The summed E-state index contributed by atoms with van der Waals surface area (Å²) in [6, 6.07) is 8.64. The molecule has 1 saturated heterocycles. The molecule has 494 valence electrons. The van der Waals surface area contributed by atoms with Crippen molar-refractivity contribution in [1.29, 1.82) is 0 Å². The number of aliphatic carboxylic acids is 1. The molecule has 11 N–H and O–H groups in total. The Balaban J connectivity index is 1.70. The van der Waals surface area contributed by atoms with E-state index in [-0.39, 0.29) is 63.4 Å². The van der Waals surface area contributed by atoms with Crippen LogP contribution in [0, 0.1) is 29.6 Å². The van der Waals surface area contributed by atoms with Crippen LogP contribution < -0.4 is 43.5 Å². The number of nitrogens with two attached hydrogens (primary N) is 2. The smallest absolute Gasteiger partial charge is 0.410 e. The van der Waals surface area contributed by atoms with Gasteiger partial charge in [0, 0.05) is 60.1 Å². The number of carbonyl (C=O) groups is 9. The lowest BCUT2D eigenvalue weighted by Gasteiger charge is -2.41. The molecule has 1 fully saturated rings. The Labute approximate surface area is 519 Å². The normalized spacial score (nSPS) is 16.6. The number of likely N-dealkylation sites (tertiary alicyclic amines) is 1. The summed E-state index contributed by atoms with van der Waals surface area (Å²) in [6.07, 6.45) is -0.145. The highest BCUT2D eigenvalue weighted by Gasteiger charge is 2.44. The van der Waals surface area contributed by atoms with Crippen LogP contribution in [0.2, 0.25) is 0 Å². The number of hydrogen-bond donors (Lipinski definition) is 9. The van der Waals surface area contributed by atoms with Crippen molar-refractivity contribution in [1.82, 2.24) is 41.3 Å². The molecule has 2 aromatic rings. The second kappa shape index (κ2) is 38.4. The van der Waals surface area contributed by atoms with Crippen LogP contribution >= 0.6 is 0 Å². The summed E-state index contributed by atoms with van der Waals surface area (Å²) >= 11 is 0. The molecule has 3 rings (SSSR count). The third-order valence-corrected chi connectivity index (χ3v) is 16.1. The Bertz CT molecular complexity index is 2530. The molecule has 0 saturated carbocycles. The summed E-state index contributed by atoms with van der Waals surface area (Å²) in [7, 11) is 6.00. The van der Waals surface area contributed by atoms with Gasteiger partial charge in [0.05, 0.1) is 62.5 Å². The first-order valence-corrected chi connectivity index (χ1v) is 30.5. The number of anilines is 1. The van der Waals surface area contributed by atoms with Crippen molar-refractivity contribution in [2.45, 2.75) is 168 Å². The molecular formula is C62H101N11O15. The molecule has 0 radical (unpaired) electrons. The maximum atomic E-state index is 14.8. The van der Waals surface area contributed by atoms with Crippen molar-refractivity contribution in [3.63, 3.8) is 0 Å². The lowest BCUT2D eigenvalue weighted by molar-refractivity contribution is -0.148. The zero-order chi connectivity index (χ0) is 65.8. The molecule has 2 aromatic carbocycles. The largest absolute Gasteiger partial charge is 0.480 e. The van der Waals surface area contributed by atoms with Crippen LogP contribution in [0.15, 0.2) is 54.6 Å². The van der Waals surface area contributed by atoms with E-state index in [1.807, 2.05) is 33.8 Å². The lowest BCUT2D eigenvalue weighted by Crippen LogP contribution is -2.60. The SMILES string of the molecule is CC[C@H](C)C([C@@H](CC(=O)N1CCC[C@H]1[C@H](OC)[C@@H](C)C(=O)N[C@@H](Cc1ccccc1)C(=O)O)OC)N(C)C(=O)[C@@H](NC(=O)C(C(C)C)N(C)C(=O)OCc1ccc(NC(=O)[C@H](CCCNC(N)=O)NC(=O)C(NCCOCCON)C(C)C)cc1)C(C)C. The molecular weight excluding hydrogens is 1140 g/mol. The molecule has 1 heterocycles. The van der Waals surface area contributed by atoms with Crippen LogP contribution in [0.25, 0.3) is 0 Å². The van der Waals surface area contributed by atoms with Crippen LogP contribution in [0.4, 0.5) is 15.3 Å². The van der Waals surface area contributed by atoms with Gasteiger partial charge in [-0.15, -0.1) is 0 Å². The van der Waals surface area contributed by atoms with Crippen molar-refractivity contribution in [2.75, 3.05) is 73.1 Å². The monoisotopic (exact) mass is 1240 g/mol. The fourth-order valence-electron chi connectivity index (χ4n) is 11.0. The number of nitrogens with zero attached hydrogens (tertiary/aromatic N) is 3. The number of rotatable bonds is 39. The average molecular weight is 1240 g/mol. The van der Waals surface area contributed by atoms with E-state index in [9.17, 15) is 48.3 Å². The number of likely N-dealkylation sites (N-methyl/N-ethyl adjacent to an activating group) is 2. The number of methoxy groups -OCH3 is 2. The van der Waals surface area contributed by atoms with Gasteiger partial charge in [-0.2, -0.15) is 0 Å². The molecule has 1 aliphatic rings. The second-order valence-electron chi connectivity index (χ2n) is 23.6. The minimum absolute atomic E-state index is 0.0827. The Morgan fingerprint density at radius 1 is 0.727 bits per heavy atom. The van der Waals surface area contributed by atoms with Crippen LogP contribution in [-0.4, -0.2) is 196 Å². The van der Waals surface area contributed by atoms with Gasteiger partial charge in [-0.05, 0) is 72.6 Å². The maximum absolute atomic E-state index is 14.8. The van der Waals surface area contributed by atoms with Crippen LogP contribution in [0.3, 0.4) is 0 Å². The second-order valence-corrected chi connectivity index (χ2v) is 23.6. The van der Waals surface area contributed by atoms with Crippen molar-refractivity contribution in [2.24, 2.45) is 41.2 Å². The van der Waals surface area contributed by atoms with Gasteiger partial charge < -0.3 is 76.3 Å².